The number of amides is 2. The molecule has 0 spiro atoms. The predicted octanol–water partition coefficient (Wildman–Crippen LogP) is -0.0253. The van der Waals surface area contributed by atoms with Gasteiger partial charge in [0.05, 0.1) is 25.3 Å². The molecule has 0 saturated carbocycles. The quantitative estimate of drug-likeness (QED) is 0.685. The molecule has 0 aromatic heterocycles. The van der Waals surface area contributed by atoms with Gasteiger partial charge in [0, 0.05) is 5.69 Å². The lowest BCUT2D eigenvalue weighted by Crippen LogP contribution is -2.40. The molecule has 0 aliphatic rings. The number of rotatable bonds is 6. The monoisotopic (exact) mass is 305 g/mol. The Labute approximate surface area is 118 Å². The van der Waals surface area contributed by atoms with E-state index in [1.54, 1.807) is 0 Å². The summed E-state index contributed by atoms with van der Waals surface area (Å²) in [6.07, 6.45) is -4.73. The highest BCUT2D eigenvalue weighted by Gasteiger charge is 2.35. The number of alkyl halides is 3. The molecule has 0 aliphatic heterocycles. The summed E-state index contributed by atoms with van der Waals surface area (Å²) in [5, 5.41) is 8.92. The van der Waals surface area contributed by atoms with Gasteiger partial charge in [-0.2, -0.15) is 13.2 Å². The number of nitrogens with zero attached hydrogens (tertiary/aromatic N) is 1. The summed E-state index contributed by atoms with van der Waals surface area (Å²) >= 11 is 0. The van der Waals surface area contributed by atoms with E-state index in [1.165, 1.54) is 6.07 Å². The van der Waals surface area contributed by atoms with Gasteiger partial charge in [-0.1, -0.05) is 6.07 Å². The van der Waals surface area contributed by atoms with E-state index >= 15 is 0 Å². The summed E-state index contributed by atoms with van der Waals surface area (Å²) in [4.78, 5) is 22.8. The van der Waals surface area contributed by atoms with E-state index in [0.717, 1.165) is 17.0 Å². The second kappa shape index (κ2) is 6.44. The van der Waals surface area contributed by atoms with Crippen LogP contribution in [-0.2, 0) is 22.4 Å². The molecule has 0 bridgehead atoms. The van der Waals surface area contributed by atoms with Crippen molar-refractivity contribution in [3.05, 3.63) is 29.3 Å². The minimum atomic E-state index is -4.73. The average Bonchev–Trinajstić information content (AvgIpc) is 2.35. The summed E-state index contributed by atoms with van der Waals surface area (Å²) in [7, 11) is 0. The summed E-state index contributed by atoms with van der Waals surface area (Å²) in [6.45, 7) is -1.76. The number of benzene rings is 1. The number of hydrogen-bond donors (Lipinski definition) is 3. The minimum Gasteiger partial charge on any atom is -0.392 e. The van der Waals surface area contributed by atoms with Gasteiger partial charge in [0.2, 0.25) is 11.8 Å². The van der Waals surface area contributed by atoms with E-state index in [1.807, 2.05) is 0 Å². The maximum atomic E-state index is 13.1. The van der Waals surface area contributed by atoms with E-state index in [-0.39, 0.29) is 5.56 Å². The summed E-state index contributed by atoms with van der Waals surface area (Å²) in [5.41, 5.74) is 8.49. The normalized spacial score (nSPS) is 11.2. The number of primary amides is 2. The van der Waals surface area contributed by atoms with E-state index < -0.39 is 48.9 Å². The van der Waals surface area contributed by atoms with Crippen LogP contribution in [0.15, 0.2) is 18.2 Å². The first kappa shape index (κ1) is 16.8. The third-order valence-corrected chi connectivity index (χ3v) is 2.58. The second-order valence-corrected chi connectivity index (χ2v) is 4.30. The van der Waals surface area contributed by atoms with E-state index in [0.29, 0.717) is 0 Å². The van der Waals surface area contributed by atoms with Crippen LogP contribution in [0, 0.1) is 0 Å². The third kappa shape index (κ3) is 4.63. The van der Waals surface area contributed by atoms with Crippen molar-refractivity contribution in [1.82, 2.24) is 0 Å². The van der Waals surface area contributed by atoms with Gasteiger partial charge in [-0.25, -0.2) is 0 Å². The Kier molecular flexibility index (Phi) is 5.14. The molecular formula is C12H14F3N3O3. The van der Waals surface area contributed by atoms with Crippen LogP contribution < -0.4 is 16.4 Å². The zero-order valence-electron chi connectivity index (χ0n) is 10.9. The van der Waals surface area contributed by atoms with Gasteiger partial charge in [0.1, 0.15) is 0 Å². The highest BCUT2D eigenvalue weighted by Crippen LogP contribution is 2.37. The van der Waals surface area contributed by atoms with E-state index in [9.17, 15) is 22.8 Å². The number of carbonyl (C=O) groups excluding carboxylic acids is 2. The Morgan fingerprint density at radius 3 is 2.05 bits per heavy atom. The maximum Gasteiger partial charge on any atom is 0.418 e. The van der Waals surface area contributed by atoms with Crippen LogP contribution >= 0.6 is 0 Å². The molecule has 5 N–H and O–H groups in total. The van der Waals surface area contributed by atoms with Crippen molar-refractivity contribution in [2.24, 2.45) is 11.5 Å². The Balaban J connectivity index is 3.34. The van der Waals surface area contributed by atoms with Gasteiger partial charge < -0.3 is 21.5 Å². The molecule has 116 valence electrons. The van der Waals surface area contributed by atoms with Crippen molar-refractivity contribution in [1.29, 1.82) is 0 Å². The third-order valence-electron chi connectivity index (χ3n) is 2.58. The first-order valence-corrected chi connectivity index (χ1v) is 5.77. The van der Waals surface area contributed by atoms with Gasteiger partial charge >= 0.3 is 6.18 Å². The summed E-state index contributed by atoms with van der Waals surface area (Å²) in [5.74, 6) is -1.81. The average molecular weight is 305 g/mol. The first-order chi connectivity index (χ1) is 9.65. The standard InChI is InChI=1S/C12H14F3N3O3/c13-12(14,15)8-3-7(6-19)1-2-9(8)18(4-10(16)20)5-11(17)21/h1-3,19H,4-6H2,(H2,16,20)(H2,17,21). The van der Waals surface area contributed by atoms with Crippen molar-refractivity contribution < 1.29 is 27.9 Å². The molecule has 1 aromatic rings. The number of hydrogen-bond acceptors (Lipinski definition) is 4. The zero-order valence-corrected chi connectivity index (χ0v) is 10.9. The molecule has 21 heavy (non-hydrogen) atoms. The van der Waals surface area contributed by atoms with Crippen molar-refractivity contribution in [2.45, 2.75) is 12.8 Å². The Morgan fingerprint density at radius 2 is 1.67 bits per heavy atom. The van der Waals surface area contributed by atoms with E-state index in [2.05, 4.69) is 0 Å². The molecule has 0 radical (unpaired) electrons. The number of aliphatic hydroxyl groups is 1. The van der Waals surface area contributed by atoms with Crippen molar-refractivity contribution in [3.63, 3.8) is 0 Å². The SMILES string of the molecule is NC(=O)CN(CC(N)=O)c1ccc(CO)cc1C(F)(F)F. The highest BCUT2D eigenvalue weighted by atomic mass is 19.4. The number of aliphatic hydroxyl groups excluding tert-OH is 1. The molecule has 0 saturated heterocycles. The fourth-order valence-corrected chi connectivity index (χ4v) is 1.79. The fourth-order valence-electron chi connectivity index (χ4n) is 1.79. The van der Waals surface area contributed by atoms with Gasteiger partial charge in [0.15, 0.2) is 0 Å². The molecule has 9 heteroatoms. The molecular weight excluding hydrogens is 291 g/mol. The molecule has 2 amide bonds. The topological polar surface area (TPSA) is 110 Å². The summed E-state index contributed by atoms with van der Waals surface area (Å²) < 4.78 is 39.2. The zero-order chi connectivity index (χ0) is 16.2. The highest BCUT2D eigenvalue weighted by molar-refractivity contribution is 5.85. The number of nitrogens with two attached hydrogens (primary N) is 2. The molecule has 0 atom stereocenters. The van der Waals surface area contributed by atoms with Crippen LogP contribution in [0.3, 0.4) is 0 Å². The smallest absolute Gasteiger partial charge is 0.392 e. The van der Waals surface area contributed by atoms with Crippen LogP contribution in [0.1, 0.15) is 11.1 Å². The van der Waals surface area contributed by atoms with Gasteiger partial charge in [-0.15, -0.1) is 0 Å². The van der Waals surface area contributed by atoms with Crippen molar-refractivity contribution in [2.75, 3.05) is 18.0 Å². The van der Waals surface area contributed by atoms with Gasteiger partial charge in [0.25, 0.3) is 0 Å². The Hall–Kier alpha value is -2.29. The number of halogens is 3. The Morgan fingerprint density at radius 1 is 1.14 bits per heavy atom. The van der Waals surface area contributed by atoms with Crippen LogP contribution in [0.25, 0.3) is 0 Å². The number of carbonyl (C=O) groups is 2. The van der Waals surface area contributed by atoms with Gasteiger partial charge in [-0.3, -0.25) is 9.59 Å². The second-order valence-electron chi connectivity index (χ2n) is 4.30. The molecule has 6 nitrogen and oxygen atoms in total. The van der Waals surface area contributed by atoms with Crippen LogP contribution in [-0.4, -0.2) is 30.0 Å². The van der Waals surface area contributed by atoms with Crippen molar-refractivity contribution in [3.8, 4) is 0 Å². The molecule has 1 rings (SSSR count). The molecule has 0 heterocycles. The molecule has 0 fully saturated rings. The maximum absolute atomic E-state index is 13.1. The fraction of sp³-hybridized carbons (Fsp3) is 0.333. The number of anilines is 1. The van der Waals surface area contributed by atoms with Crippen LogP contribution in [0.2, 0.25) is 0 Å². The van der Waals surface area contributed by atoms with Crippen molar-refractivity contribution >= 4 is 17.5 Å². The lowest BCUT2D eigenvalue weighted by molar-refractivity contribution is -0.137. The lowest BCUT2D eigenvalue weighted by Gasteiger charge is -2.25. The Bertz CT molecular complexity index is 530. The van der Waals surface area contributed by atoms with E-state index in [4.69, 9.17) is 16.6 Å². The minimum absolute atomic E-state index is 0.0455. The predicted molar refractivity (Wildman–Crippen MR) is 68.0 cm³/mol. The van der Waals surface area contributed by atoms with Crippen LogP contribution in [0.5, 0.6) is 0 Å². The first-order valence-electron chi connectivity index (χ1n) is 5.77. The summed E-state index contributed by atoms with van der Waals surface area (Å²) in [6, 6.07) is 3.05. The lowest BCUT2D eigenvalue weighted by atomic mass is 10.1. The largest absolute Gasteiger partial charge is 0.418 e. The van der Waals surface area contributed by atoms with Gasteiger partial charge in [-0.05, 0) is 17.7 Å². The molecule has 1 aromatic carbocycles. The molecule has 0 aliphatic carbocycles. The molecule has 0 unspecified atom stereocenters. The van der Waals surface area contributed by atoms with Crippen LogP contribution in [0.4, 0.5) is 18.9 Å².